The van der Waals surface area contributed by atoms with E-state index in [-0.39, 0.29) is 0 Å². The molecular formula is C28H29BrN4O5. The lowest BCUT2D eigenvalue weighted by Gasteiger charge is -2.18. The number of nitrogens with zero attached hydrogens (tertiary/aromatic N) is 4. The van der Waals surface area contributed by atoms with Gasteiger partial charge in [0, 0.05) is 40.3 Å². The van der Waals surface area contributed by atoms with Crippen molar-refractivity contribution in [1.82, 2.24) is 19.7 Å². The van der Waals surface area contributed by atoms with Gasteiger partial charge in [-0.05, 0) is 61.6 Å². The molecule has 0 aliphatic rings. The van der Waals surface area contributed by atoms with E-state index in [2.05, 4.69) is 57.9 Å². The lowest BCUT2D eigenvalue weighted by Crippen LogP contribution is -2.27. The first-order chi connectivity index (χ1) is 18.3. The number of carboxylic acids is 2. The zero-order valence-electron chi connectivity index (χ0n) is 21.1. The van der Waals surface area contributed by atoms with Gasteiger partial charge >= 0.3 is 11.9 Å². The van der Waals surface area contributed by atoms with E-state index in [1.807, 2.05) is 47.1 Å². The standard InChI is InChI=1S/C24H25BrN4O.C4H4O4/c1-3-28(4-2)16-17-30-21-13-11-20(12-14-21)29-24-22(6-5-15-26-24)23(27-29)18-7-9-19(25)10-8-18;5-3(6)1-2-4(7)8/h5-15H,3-4,16-17H2,1-2H3;1-2H,(H,5,6)(H,7,8). The van der Waals surface area contributed by atoms with Crippen LogP contribution in [0.5, 0.6) is 5.75 Å². The van der Waals surface area contributed by atoms with Gasteiger partial charge in [0.25, 0.3) is 0 Å². The minimum atomic E-state index is -1.26. The van der Waals surface area contributed by atoms with Gasteiger partial charge in [0.1, 0.15) is 18.1 Å². The first kappa shape index (κ1) is 28.5. The van der Waals surface area contributed by atoms with E-state index in [1.54, 1.807) is 6.20 Å². The average molecular weight is 581 g/mol. The van der Waals surface area contributed by atoms with Crippen molar-refractivity contribution in [1.29, 1.82) is 0 Å². The molecule has 9 nitrogen and oxygen atoms in total. The number of hydrogen-bond donors (Lipinski definition) is 2. The Morgan fingerprint density at radius 1 is 0.974 bits per heavy atom. The van der Waals surface area contributed by atoms with Crippen molar-refractivity contribution in [3.05, 3.63) is 83.5 Å². The Balaban J connectivity index is 0.000000436. The van der Waals surface area contributed by atoms with Gasteiger partial charge in [-0.25, -0.2) is 19.3 Å². The molecule has 4 rings (SSSR count). The number of halogens is 1. The van der Waals surface area contributed by atoms with E-state index in [1.165, 1.54) is 0 Å². The summed E-state index contributed by atoms with van der Waals surface area (Å²) < 4.78 is 8.85. The molecule has 2 N–H and O–H groups in total. The predicted octanol–water partition coefficient (Wildman–Crippen LogP) is 5.28. The zero-order valence-corrected chi connectivity index (χ0v) is 22.7. The van der Waals surface area contributed by atoms with E-state index in [4.69, 9.17) is 20.0 Å². The number of likely N-dealkylation sites (N-methyl/N-ethyl adjacent to an activating group) is 1. The topological polar surface area (TPSA) is 118 Å². The molecule has 0 saturated heterocycles. The van der Waals surface area contributed by atoms with Gasteiger partial charge in [-0.15, -0.1) is 0 Å². The van der Waals surface area contributed by atoms with Crippen molar-refractivity contribution in [2.75, 3.05) is 26.2 Å². The van der Waals surface area contributed by atoms with Gasteiger partial charge < -0.3 is 19.8 Å². The summed E-state index contributed by atoms with van der Waals surface area (Å²) in [5, 5.41) is 21.5. The summed E-state index contributed by atoms with van der Waals surface area (Å²) in [6, 6.07) is 20.2. The predicted molar refractivity (Wildman–Crippen MR) is 150 cm³/mol. The lowest BCUT2D eigenvalue weighted by atomic mass is 10.1. The smallest absolute Gasteiger partial charge is 0.328 e. The molecule has 0 atom stereocenters. The number of carbonyl (C=O) groups is 2. The van der Waals surface area contributed by atoms with E-state index < -0.39 is 11.9 Å². The fourth-order valence-corrected chi connectivity index (χ4v) is 3.88. The number of benzene rings is 2. The van der Waals surface area contributed by atoms with Gasteiger partial charge in [-0.3, -0.25) is 0 Å². The van der Waals surface area contributed by atoms with Crippen LogP contribution < -0.4 is 4.74 Å². The van der Waals surface area contributed by atoms with Crippen LogP contribution in [-0.4, -0.2) is 68.1 Å². The highest BCUT2D eigenvalue weighted by Gasteiger charge is 2.14. The molecular weight excluding hydrogens is 552 g/mol. The van der Waals surface area contributed by atoms with Gasteiger partial charge in [-0.2, -0.15) is 5.10 Å². The number of rotatable bonds is 10. The minimum absolute atomic E-state index is 0.558. The number of carboxylic acid groups (broad SMARTS) is 2. The second kappa shape index (κ2) is 14.1. The monoisotopic (exact) mass is 580 g/mol. The van der Waals surface area contributed by atoms with E-state index in [9.17, 15) is 9.59 Å². The van der Waals surface area contributed by atoms with E-state index >= 15 is 0 Å². The maximum absolute atomic E-state index is 9.55. The molecule has 0 amide bonds. The Kier molecular flexibility index (Phi) is 10.6. The van der Waals surface area contributed by atoms with Crippen molar-refractivity contribution in [2.24, 2.45) is 0 Å². The quantitative estimate of drug-likeness (QED) is 0.243. The summed E-state index contributed by atoms with van der Waals surface area (Å²) in [4.78, 5) is 26.0. The fraction of sp³-hybridized carbons (Fsp3) is 0.214. The highest BCUT2D eigenvalue weighted by molar-refractivity contribution is 9.10. The Morgan fingerprint density at radius 3 is 2.18 bits per heavy atom. The molecule has 0 aliphatic carbocycles. The molecule has 0 aliphatic heterocycles. The second-order valence-corrected chi connectivity index (χ2v) is 8.94. The Bertz CT molecular complexity index is 1360. The molecule has 0 radical (unpaired) electrons. The van der Waals surface area contributed by atoms with E-state index in [0.29, 0.717) is 18.8 Å². The van der Waals surface area contributed by atoms with Crippen molar-refractivity contribution >= 4 is 38.9 Å². The summed E-state index contributed by atoms with van der Waals surface area (Å²) in [7, 11) is 0. The number of aliphatic carboxylic acids is 2. The Labute approximate surface area is 229 Å². The van der Waals surface area contributed by atoms with Crippen molar-refractivity contribution in [3.8, 4) is 22.7 Å². The van der Waals surface area contributed by atoms with Crippen LogP contribution in [0.2, 0.25) is 0 Å². The fourth-order valence-electron chi connectivity index (χ4n) is 3.61. The Morgan fingerprint density at radius 2 is 1.61 bits per heavy atom. The number of hydrogen-bond acceptors (Lipinski definition) is 6. The molecule has 0 bridgehead atoms. The van der Waals surface area contributed by atoms with Crippen LogP contribution in [-0.2, 0) is 9.59 Å². The number of pyridine rings is 1. The zero-order chi connectivity index (χ0) is 27.5. The normalized spacial score (nSPS) is 10.9. The molecule has 0 spiro atoms. The van der Waals surface area contributed by atoms with Crippen LogP contribution in [0.4, 0.5) is 0 Å². The van der Waals surface area contributed by atoms with Gasteiger partial charge in [-0.1, -0.05) is 41.9 Å². The van der Waals surface area contributed by atoms with Crippen LogP contribution in [0.3, 0.4) is 0 Å². The number of fused-ring (bicyclic) bond motifs is 1. The van der Waals surface area contributed by atoms with Crippen molar-refractivity contribution in [2.45, 2.75) is 13.8 Å². The largest absolute Gasteiger partial charge is 0.492 e. The average Bonchev–Trinajstić information content (AvgIpc) is 3.31. The SMILES string of the molecule is CCN(CC)CCOc1ccc(-n2nc(-c3ccc(Br)cc3)c3cccnc32)cc1.O=C(O)C=CC(=O)O. The number of ether oxygens (including phenoxy) is 1. The third kappa shape index (κ3) is 7.99. The highest BCUT2D eigenvalue weighted by Crippen LogP contribution is 2.30. The molecule has 2 heterocycles. The molecule has 2 aromatic heterocycles. The summed E-state index contributed by atoms with van der Waals surface area (Å²) in [5.74, 6) is -1.65. The molecule has 0 unspecified atom stereocenters. The first-order valence-corrected chi connectivity index (χ1v) is 12.8. The summed E-state index contributed by atoms with van der Waals surface area (Å²) >= 11 is 3.50. The summed E-state index contributed by atoms with van der Waals surface area (Å²) in [6.45, 7) is 8.03. The molecule has 4 aromatic rings. The molecule has 38 heavy (non-hydrogen) atoms. The van der Waals surface area contributed by atoms with E-state index in [0.717, 1.165) is 57.8 Å². The van der Waals surface area contributed by atoms with Crippen molar-refractivity contribution in [3.63, 3.8) is 0 Å². The number of aromatic nitrogens is 3. The lowest BCUT2D eigenvalue weighted by molar-refractivity contribution is -0.134. The summed E-state index contributed by atoms with van der Waals surface area (Å²) in [5.41, 5.74) is 3.78. The van der Waals surface area contributed by atoms with Crippen LogP contribution >= 0.6 is 15.9 Å². The Hall–Kier alpha value is -4.02. The second-order valence-electron chi connectivity index (χ2n) is 8.02. The molecule has 198 valence electrons. The molecule has 0 saturated carbocycles. The highest BCUT2D eigenvalue weighted by atomic mass is 79.9. The first-order valence-electron chi connectivity index (χ1n) is 12.0. The van der Waals surface area contributed by atoms with Gasteiger partial charge in [0.15, 0.2) is 5.65 Å². The third-order valence-electron chi connectivity index (χ3n) is 5.58. The van der Waals surface area contributed by atoms with Crippen LogP contribution in [0.15, 0.2) is 83.5 Å². The maximum atomic E-state index is 9.55. The molecule has 10 heteroatoms. The maximum Gasteiger partial charge on any atom is 0.328 e. The van der Waals surface area contributed by atoms with Crippen LogP contribution in [0, 0.1) is 0 Å². The summed E-state index contributed by atoms with van der Waals surface area (Å²) in [6.07, 6.45) is 2.92. The molecule has 2 aromatic carbocycles. The molecule has 0 fully saturated rings. The van der Waals surface area contributed by atoms with Gasteiger partial charge in [0.05, 0.1) is 5.69 Å². The van der Waals surface area contributed by atoms with Crippen LogP contribution in [0.1, 0.15) is 13.8 Å². The third-order valence-corrected chi connectivity index (χ3v) is 6.11. The van der Waals surface area contributed by atoms with Gasteiger partial charge in [0.2, 0.25) is 0 Å². The van der Waals surface area contributed by atoms with Crippen molar-refractivity contribution < 1.29 is 24.5 Å². The minimum Gasteiger partial charge on any atom is -0.492 e. The van der Waals surface area contributed by atoms with Crippen LogP contribution in [0.25, 0.3) is 28.0 Å².